The largest absolute Gasteiger partial charge is 0.399 e. The maximum absolute atomic E-state index is 11.6. The molecule has 0 saturated heterocycles. The third-order valence-corrected chi connectivity index (χ3v) is 2.18. The Morgan fingerprint density at radius 3 is 2.67 bits per heavy atom. The van der Waals surface area contributed by atoms with Crippen molar-refractivity contribution in [2.45, 2.75) is 0 Å². The first-order valence-electron chi connectivity index (χ1n) is 5.35. The van der Waals surface area contributed by atoms with E-state index in [1.165, 1.54) is 18.5 Å². The molecule has 18 heavy (non-hydrogen) atoms. The molecule has 0 saturated carbocycles. The predicted molar refractivity (Wildman–Crippen MR) is 70.6 cm³/mol. The number of amides is 1. The number of rotatable bonds is 3. The van der Waals surface area contributed by atoms with Crippen LogP contribution >= 0.6 is 0 Å². The molecule has 2 aromatic rings. The zero-order valence-corrected chi connectivity index (χ0v) is 9.58. The van der Waals surface area contributed by atoms with Gasteiger partial charge in [-0.3, -0.25) is 9.78 Å². The highest BCUT2D eigenvalue weighted by Gasteiger charge is 1.97. The summed E-state index contributed by atoms with van der Waals surface area (Å²) in [6.45, 7) is 0. The molecule has 0 aliphatic carbocycles. The normalized spacial score (nSPS) is 10.4. The monoisotopic (exact) mass is 240 g/mol. The van der Waals surface area contributed by atoms with Crippen molar-refractivity contribution in [2.24, 2.45) is 0 Å². The van der Waals surface area contributed by atoms with Crippen LogP contribution in [0.3, 0.4) is 0 Å². The maximum atomic E-state index is 11.6. The Morgan fingerprint density at radius 2 is 2.00 bits per heavy atom. The maximum Gasteiger partial charge on any atom is 0.249 e. The van der Waals surface area contributed by atoms with Crippen molar-refractivity contribution in [3.05, 3.63) is 54.5 Å². The number of hydrogen-bond donors (Lipinski definition) is 2. The Balaban J connectivity index is 1.97. The van der Waals surface area contributed by atoms with Crippen LogP contribution in [0.5, 0.6) is 0 Å². The van der Waals surface area contributed by atoms with E-state index in [0.717, 1.165) is 5.56 Å². The molecule has 0 aliphatic rings. The summed E-state index contributed by atoms with van der Waals surface area (Å²) in [6.07, 6.45) is 7.67. The van der Waals surface area contributed by atoms with Crippen LogP contribution in [0.1, 0.15) is 5.56 Å². The molecule has 2 rings (SSSR count). The molecule has 5 nitrogen and oxygen atoms in total. The van der Waals surface area contributed by atoms with Gasteiger partial charge in [-0.15, -0.1) is 0 Å². The second-order valence-corrected chi connectivity index (χ2v) is 3.58. The summed E-state index contributed by atoms with van der Waals surface area (Å²) in [5.74, 6) is 0.164. The number of nitrogens with two attached hydrogens (primary N) is 1. The summed E-state index contributed by atoms with van der Waals surface area (Å²) in [4.78, 5) is 19.4. The lowest BCUT2D eigenvalue weighted by molar-refractivity contribution is -0.111. The summed E-state index contributed by atoms with van der Waals surface area (Å²) in [7, 11) is 0. The quantitative estimate of drug-likeness (QED) is 0.632. The number of aromatic nitrogens is 2. The van der Waals surface area contributed by atoms with E-state index in [1.54, 1.807) is 24.4 Å². The van der Waals surface area contributed by atoms with Gasteiger partial charge < -0.3 is 11.1 Å². The first-order chi connectivity index (χ1) is 8.74. The molecule has 0 aliphatic heterocycles. The van der Waals surface area contributed by atoms with Crippen LogP contribution in [-0.4, -0.2) is 15.9 Å². The molecule has 90 valence electrons. The van der Waals surface area contributed by atoms with E-state index in [9.17, 15) is 4.79 Å². The van der Waals surface area contributed by atoms with E-state index >= 15 is 0 Å². The minimum absolute atomic E-state index is 0.257. The molecule has 1 amide bonds. The summed E-state index contributed by atoms with van der Waals surface area (Å²) >= 11 is 0. The Labute approximate surface area is 104 Å². The number of carbonyl (C=O) groups is 1. The van der Waals surface area contributed by atoms with E-state index in [2.05, 4.69) is 15.3 Å². The van der Waals surface area contributed by atoms with Crippen molar-refractivity contribution in [1.82, 2.24) is 9.97 Å². The van der Waals surface area contributed by atoms with Crippen molar-refractivity contribution < 1.29 is 4.79 Å². The fraction of sp³-hybridized carbons (Fsp3) is 0. The van der Waals surface area contributed by atoms with Crippen LogP contribution in [0.2, 0.25) is 0 Å². The number of hydrogen-bond acceptors (Lipinski definition) is 4. The standard InChI is InChI=1S/C13H12N4O/c14-11-4-1-10(2-5-11)3-6-13(18)17-12-9-15-7-8-16-12/h1-9H,14H2,(H,16,17,18)/b6-3+. The van der Waals surface area contributed by atoms with E-state index in [0.29, 0.717) is 11.5 Å². The summed E-state index contributed by atoms with van der Waals surface area (Å²) in [5, 5.41) is 2.60. The molecule has 3 N–H and O–H groups in total. The van der Waals surface area contributed by atoms with Crippen LogP contribution in [0.4, 0.5) is 11.5 Å². The minimum Gasteiger partial charge on any atom is -0.399 e. The molecule has 0 fully saturated rings. The lowest BCUT2D eigenvalue weighted by atomic mass is 10.2. The minimum atomic E-state index is -0.257. The van der Waals surface area contributed by atoms with Gasteiger partial charge in [0.15, 0.2) is 5.82 Å². The van der Waals surface area contributed by atoms with Crippen LogP contribution in [0.25, 0.3) is 6.08 Å². The van der Waals surface area contributed by atoms with E-state index in [-0.39, 0.29) is 5.91 Å². The number of anilines is 2. The third-order valence-electron chi connectivity index (χ3n) is 2.18. The van der Waals surface area contributed by atoms with Gasteiger partial charge in [-0.1, -0.05) is 12.1 Å². The fourth-order valence-electron chi connectivity index (χ4n) is 1.31. The van der Waals surface area contributed by atoms with Gasteiger partial charge in [0.05, 0.1) is 6.20 Å². The molecule has 0 spiro atoms. The van der Waals surface area contributed by atoms with Crippen molar-refractivity contribution >= 4 is 23.5 Å². The topological polar surface area (TPSA) is 80.9 Å². The third kappa shape index (κ3) is 3.41. The van der Waals surface area contributed by atoms with Gasteiger partial charge in [-0.05, 0) is 23.8 Å². The first-order valence-corrected chi connectivity index (χ1v) is 5.35. The van der Waals surface area contributed by atoms with E-state index in [1.807, 2.05) is 12.1 Å². The highest BCUT2D eigenvalue weighted by molar-refractivity contribution is 6.01. The molecule has 0 unspecified atom stereocenters. The zero-order chi connectivity index (χ0) is 12.8. The average Bonchev–Trinajstić information content (AvgIpc) is 2.39. The average molecular weight is 240 g/mol. The number of carbonyl (C=O) groups excluding carboxylic acids is 1. The van der Waals surface area contributed by atoms with Gasteiger partial charge in [0.25, 0.3) is 0 Å². The SMILES string of the molecule is Nc1ccc(/C=C/C(=O)Nc2cnccn2)cc1. The van der Waals surface area contributed by atoms with Gasteiger partial charge in [0.1, 0.15) is 0 Å². The molecule has 5 heteroatoms. The lowest BCUT2D eigenvalue weighted by Crippen LogP contribution is -2.09. The van der Waals surface area contributed by atoms with Crippen molar-refractivity contribution in [2.75, 3.05) is 11.1 Å². The summed E-state index contributed by atoms with van der Waals surface area (Å²) in [5.41, 5.74) is 7.16. The van der Waals surface area contributed by atoms with Crippen molar-refractivity contribution in [3.8, 4) is 0 Å². The number of benzene rings is 1. The van der Waals surface area contributed by atoms with Gasteiger partial charge in [0, 0.05) is 24.2 Å². The number of nitrogen functional groups attached to an aromatic ring is 1. The van der Waals surface area contributed by atoms with Gasteiger partial charge in [-0.2, -0.15) is 0 Å². The fourth-order valence-corrected chi connectivity index (χ4v) is 1.31. The number of nitrogens with zero attached hydrogens (tertiary/aromatic N) is 2. The van der Waals surface area contributed by atoms with Gasteiger partial charge in [0.2, 0.25) is 5.91 Å². The van der Waals surface area contributed by atoms with Crippen LogP contribution in [0, 0.1) is 0 Å². The van der Waals surface area contributed by atoms with Crippen LogP contribution in [-0.2, 0) is 4.79 Å². The van der Waals surface area contributed by atoms with Gasteiger partial charge >= 0.3 is 0 Å². The Bertz CT molecular complexity index is 549. The molecule has 0 bridgehead atoms. The Hall–Kier alpha value is -2.69. The van der Waals surface area contributed by atoms with Crippen molar-refractivity contribution in [3.63, 3.8) is 0 Å². The molecular formula is C13H12N4O. The number of nitrogens with one attached hydrogen (secondary N) is 1. The van der Waals surface area contributed by atoms with Crippen LogP contribution < -0.4 is 11.1 Å². The van der Waals surface area contributed by atoms with E-state index < -0.39 is 0 Å². The second kappa shape index (κ2) is 5.58. The second-order valence-electron chi connectivity index (χ2n) is 3.58. The molecular weight excluding hydrogens is 228 g/mol. The molecule has 0 atom stereocenters. The lowest BCUT2D eigenvalue weighted by Gasteiger charge is -1.99. The summed E-state index contributed by atoms with van der Waals surface area (Å²) < 4.78 is 0. The summed E-state index contributed by atoms with van der Waals surface area (Å²) in [6, 6.07) is 7.23. The zero-order valence-electron chi connectivity index (χ0n) is 9.58. The predicted octanol–water partition coefficient (Wildman–Crippen LogP) is 1.71. The molecule has 1 aromatic carbocycles. The smallest absolute Gasteiger partial charge is 0.249 e. The van der Waals surface area contributed by atoms with Gasteiger partial charge in [-0.25, -0.2) is 4.98 Å². The van der Waals surface area contributed by atoms with E-state index in [4.69, 9.17) is 5.73 Å². The Kier molecular flexibility index (Phi) is 3.66. The van der Waals surface area contributed by atoms with Crippen molar-refractivity contribution in [1.29, 1.82) is 0 Å². The first kappa shape index (κ1) is 11.8. The molecule has 1 aromatic heterocycles. The highest BCUT2D eigenvalue weighted by Crippen LogP contribution is 2.07. The molecule has 1 heterocycles. The molecule has 0 radical (unpaired) electrons. The van der Waals surface area contributed by atoms with Crippen LogP contribution in [0.15, 0.2) is 48.9 Å². The Morgan fingerprint density at radius 1 is 1.22 bits per heavy atom. The highest BCUT2D eigenvalue weighted by atomic mass is 16.1.